The van der Waals surface area contributed by atoms with Crippen LogP contribution in [0.2, 0.25) is 0 Å². The molecule has 0 saturated carbocycles. The van der Waals surface area contributed by atoms with Gasteiger partial charge >= 0.3 is 12.4 Å². The molecule has 0 atom stereocenters. The van der Waals surface area contributed by atoms with E-state index in [9.17, 15) is 35.5 Å². The number of hydrogen-bond acceptors (Lipinski definition) is 3. The fourth-order valence-electron chi connectivity index (χ4n) is 2.06. The van der Waals surface area contributed by atoms with Gasteiger partial charge in [-0.2, -0.15) is 26.3 Å². The molecule has 0 aliphatic carbocycles. The number of ether oxygens (including phenoxy) is 1. The minimum Gasteiger partial charge on any atom is -0.482 e. The number of nitrogens with one attached hydrogen (secondary N) is 2. The van der Waals surface area contributed by atoms with Crippen molar-refractivity contribution < 1.29 is 40.3 Å². The molecule has 0 saturated heterocycles. The second-order valence-electron chi connectivity index (χ2n) is 5.49. The molecule has 11 heteroatoms. The van der Waals surface area contributed by atoms with Crippen LogP contribution in [0.1, 0.15) is 5.56 Å². The van der Waals surface area contributed by atoms with Crippen molar-refractivity contribution in [3.8, 4) is 5.75 Å². The Morgan fingerprint density at radius 3 is 2.25 bits per heavy atom. The smallest absolute Gasteiger partial charge is 0.422 e. The summed E-state index contributed by atoms with van der Waals surface area (Å²) in [6.07, 6.45) is -9.46. The first kappa shape index (κ1) is 21.3. The van der Waals surface area contributed by atoms with Crippen molar-refractivity contribution in [1.82, 2.24) is 0 Å². The number of anilines is 2. The normalized spacial score (nSPS) is 11.8. The highest BCUT2D eigenvalue weighted by Crippen LogP contribution is 2.35. The molecule has 2 aromatic rings. The maximum absolute atomic E-state index is 13.5. The summed E-state index contributed by atoms with van der Waals surface area (Å²) < 4.78 is 93.4. The van der Waals surface area contributed by atoms with Crippen molar-refractivity contribution in [1.29, 1.82) is 0 Å². The van der Waals surface area contributed by atoms with E-state index in [-0.39, 0.29) is 5.69 Å². The predicted octanol–water partition coefficient (Wildman–Crippen LogP) is 4.84. The monoisotopic (exact) mass is 410 g/mol. The third kappa shape index (κ3) is 6.32. The number of para-hydroxylation sites is 1. The predicted molar refractivity (Wildman–Crippen MR) is 86.5 cm³/mol. The molecule has 2 N–H and O–H groups in total. The summed E-state index contributed by atoms with van der Waals surface area (Å²) in [4.78, 5) is 11.9. The fraction of sp³-hybridized carbons (Fsp3) is 0.235. The van der Waals surface area contributed by atoms with E-state index in [0.29, 0.717) is 18.2 Å². The van der Waals surface area contributed by atoms with Gasteiger partial charge in [-0.25, -0.2) is 4.39 Å². The number of rotatable bonds is 6. The number of hydrogen-bond donors (Lipinski definition) is 2. The molecule has 4 nitrogen and oxygen atoms in total. The van der Waals surface area contributed by atoms with Crippen molar-refractivity contribution >= 4 is 17.3 Å². The molecule has 2 aromatic carbocycles. The topological polar surface area (TPSA) is 50.4 Å². The van der Waals surface area contributed by atoms with E-state index in [1.165, 1.54) is 18.2 Å². The first-order valence-electron chi connectivity index (χ1n) is 7.65. The van der Waals surface area contributed by atoms with Crippen LogP contribution in [0, 0.1) is 5.82 Å². The molecule has 0 fully saturated rings. The molecule has 28 heavy (non-hydrogen) atoms. The lowest BCUT2D eigenvalue weighted by molar-refractivity contribution is -0.153. The van der Waals surface area contributed by atoms with Gasteiger partial charge in [-0.05, 0) is 30.3 Å². The number of carbonyl (C=O) groups is 1. The number of halogens is 7. The van der Waals surface area contributed by atoms with Crippen LogP contribution in [0.25, 0.3) is 0 Å². The largest absolute Gasteiger partial charge is 0.482 e. The Labute approximate surface area is 154 Å². The average molecular weight is 410 g/mol. The molecule has 0 aromatic heterocycles. The SMILES string of the molecule is O=C(CNc1cc(C(F)(F)F)ccc1OCC(F)(F)F)Nc1ccccc1F. The summed E-state index contributed by atoms with van der Waals surface area (Å²) in [6, 6.07) is 6.95. The Hall–Kier alpha value is -2.98. The van der Waals surface area contributed by atoms with Crippen LogP contribution >= 0.6 is 0 Å². The van der Waals surface area contributed by atoms with Gasteiger partial charge in [-0.1, -0.05) is 12.1 Å². The van der Waals surface area contributed by atoms with Crippen molar-refractivity contribution in [3.63, 3.8) is 0 Å². The molecule has 0 spiro atoms. The minimum atomic E-state index is -4.76. The maximum atomic E-state index is 13.5. The van der Waals surface area contributed by atoms with Gasteiger partial charge in [0.1, 0.15) is 11.6 Å². The maximum Gasteiger partial charge on any atom is 0.422 e. The molecular formula is C17H13F7N2O2. The quantitative estimate of drug-likeness (QED) is 0.671. The third-order valence-corrected chi connectivity index (χ3v) is 3.29. The summed E-state index contributed by atoms with van der Waals surface area (Å²) >= 11 is 0. The molecule has 0 heterocycles. The second kappa shape index (κ2) is 8.36. The Morgan fingerprint density at radius 1 is 0.964 bits per heavy atom. The van der Waals surface area contributed by atoms with E-state index in [1.54, 1.807) is 0 Å². The second-order valence-corrected chi connectivity index (χ2v) is 5.49. The van der Waals surface area contributed by atoms with Gasteiger partial charge < -0.3 is 15.4 Å². The Balaban J connectivity index is 2.14. The first-order valence-corrected chi connectivity index (χ1v) is 7.65. The zero-order chi connectivity index (χ0) is 20.9. The van der Waals surface area contributed by atoms with E-state index in [4.69, 9.17) is 0 Å². The van der Waals surface area contributed by atoms with Crippen LogP contribution in [0.3, 0.4) is 0 Å². The van der Waals surface area contributed by atoms with Crippen LogP contribution in [-0.2, 0) is 11.0 Å². The van der Waals surface area contributed by atoms with Gasteiger partial charge in [0, 0.05) is 0 Å². The number of alkyl halides is 6. The van der Waals surface area contributed by atoms with Gasteiger partial charge in [-0.3, -0.25) is 4.79 Å². The average Bonchev–Trinajstić information content (AvgIpc) is 2.59. The zero-order valence-electron chi connectivity index (χ0n) is 13.9. The summed E-state index contributed by atoms with van der Waals surface area (Å²) in [6.45, 7) is -2.37. The molecule has 2 rings (SSSR count). The van der Waals surface area contributed by atoms with Crippen LogP contribution < -0.4 is 15.4 Å². The van der Waals surface area contributed by atoms with Gasteiger partial charge in [0.15, 0.2) is 6.61 Å². The summed E-state index contributed by atoms with van der Waals surface area (Å²) in [7, 11) is 0. The lowest BCUT2D eigenvalue weighted by atomic mass is 10.1. The molecule has 0 radical (unpaired) electrons. The zero-order valence-corrected chi connectivity index (χ0v) is 13.9. The highest BCUT2D eigenvalue weighted by Gasteiger charge is 2.32. The van der Waals surface area contributed by atoms with E-state index < -0.39 is 54.2 Å². The molecule has 1 amide bonds. The number of amides is 1. The fourth-order valence-corrected chi connectivity index (χ4v) is 2.06. The van der Waals surface area contributed by atoms with Crippen LogP contribution in [0.5, 0.6) is 5.75 Å². The molecule has 152 valence electrons. The molecule has 0 bridgehead atoms. The number of carbonyl (C=O) groups excluding carboxylic acids is 1. The van der Waals surface area contributed by atoms with Crippen LogP contribution in [0.15, 0.2) is 42.5 Å². The Kier molecular flexibility index (Phi) is 6.37. The van der Waals surface area contributed by atoms with Crippen molar-refractivity contribution in [3.05, 3.63) is 53.8 Å². The third-order valence-electron chi connectivity index (χ3n) is 3.29. The minimum absolute atomic E-state index is 0.160. The van der Waals surface area contributed by atoms with Crippen LogP contribution in [-0.4, -0.2) is 25.2 Å². The van der Waals surface area contributed by atoms with E-state index in [1.807, 2.05) is 0 Å². The number of benzene rings is 2. The standard InChI is InChI=1S/C17H13F7N2O2/c18-11-3-1-2-4-12(11)26-15(27)8-25-13-7-10(17(22,23)24)5-6-14(13)28-9-16(19,20)21/h1-7,25H,8-9H2,(H,26,27). The van der Waals surface area contributed by atoms with Gasteiger partial charge in [0.2, 0.25) is 5.91 Å². The van der Waals surface area contributed by atoms with Crippen molar-refractivity contribution in [2.45, 2.75) is 12.4 Å². The van der Waals surface area contributed by atoms with E-state index in [2.05, 4.69) is 15.4 Å². The molecule has 0 aliphatic rings. The molecule has 0 unspecified atom stereocenters. The lowest BCUT2D eigenvalue weighted by Crippen LogP contribution is -2.23. The van der Waals surface area contributed by atoms with Crippen molar-refractivity contribution in [2.24, 2.45) is 0 Å². The van der Waals surface area contributed by atoms with Gasteiger partial charge in [0.25, 0.3) is 0 Å². The Morgan fingerprint density at radius 2 is 1.64 bits per heavy atom. The molecular weight excluding hydrogens is 397 g/mol. The van der Waals surface area contributed by atoms with Gasteiger partial charge in [0.05, 0.1) is 23.5 Å². The van der Waals surface area contributed by atoms with Crippen LogP contribution in [0.4, 0.5) is 42.1 Å². The van der Waals surface area contributed by atoms with E-state index >= 15 is 0 Å². The summed E-state index contributed by atoms with van der Waals surface area (Å²) in [5.41, 5.74) is -1.78. The summed E-state index contributed by atoms with van der Waals surface area (Å²) in [5, 5.41) is 4.46. The molecule has 0 aliphatic heterocycles. The lowest BCUT2D eigenvalue weighted by Gasteiger charge is -2.17. The first-order chi connectivity index (χ1) is 13.0. The van der Waals surface area contributed by atoms with E-state index in [0.717, 1.165) is 6.07 Å². The van der Waals surface area contributed by atoms with Crippen molar-refractivity contribution in [2.75, 3.05) is 23.8 Å². The highest BCUT2D eigenvalue weighted by molar-refractivity contribution is 5.94. The van der Waals surface area contributed by atoms with Gasteiger partial charge in [-0.15, -0.1) is 0 Å². The summed E-state index contributed by atoms with van der Waals surface area (Å²) in [5.74, 6) is -2.09. The highest BCUT2D eigenvalue weighted by atomic mass is 19.4. The Bertz CT molecular complexity index is 835.